The fourth-order valence-corrected chi connectivity index (χ4v) is 2.37. The van der Waals surface area contributed by atoms with Crippen LogP contribution in [0.4, 0.5) is 0 Å². The Morgan fingerprint density at radius 3 is 2.88 bits per heavy atom. The van der Waals surface area contributed by atoms with Gasteiger partial charge in [-0.2, -0.15) is 11.8 Å². The van der Waals surface area contributed by atoms with Crippen LogP contribution in [0.2, 0.25) is 5.02 Å². The van der Waals surface area contributed by atoms with Crippen molar-refractivity contribution in [2.45, 2.75) is 19.2 Å². The van der Waals surface area contributed by atoms with Crippen molar-refractivity contribution in [3.63, 3.8) is 0 Å². The number of ether oxygens (including phenoxy) is 1. The van der Waals surface area contributed by atoms with Gasteiger partial charge in [0.15, 0.2) is 0 Å². The second kappa shape index (κ2) is 8.10. The third kappa shape index (κ3) is 4.44. The lowest BCUT2D eigenvalue weighted by atomic mass is 10.2. The van der Waals surface area contributed by atoms with E-state index in [1.807, 2.05) is 30.0 Å². The molecule has 0 unspecified atom stereocenters. The molecule has 0 atom stereocenters. The Morgan fingerprint density at radius 1 is 1.38 bits per heavy atom. The highest BCUT2D eigenvalue weighted by Crippen LogP contribution is 2.29. The first-order valence-electron chi connectivity index (χ1n) is 5.33. The van der Waals surface area contributed by atoms with Gasteiger partial charge in [-0.1, -0.05) is 30.7 Å². The van der Waals surface area contributed by atoms with E-state index >= 15 is 0 Å². The molecule has 1 aromatic rings. The zero-order valence-electron chi connectivity index (χ0n) is 9.34. The number of hydrogen-bond donors (Lipinski definition) is 0. The molecule has 0 aromatic heterocycles. The van der Waals surface area contributed by atoms with Gasteiger partial charge in [0, 0.05) is 5.56 Å². The molecule has 0 fully saturated rings. The Bertz CT molecular complexity index is 318. The number of benzene rings is 1. The van der Waals surface area contributed by atoms with Crippen LogP contribution in [-0.4, -0.2) is 18.1 Å². The molecule has 0 aliphatic heterocycles. The zero-order chi connectivity index (χ0) is 11.8. The minimum Gasteiger partial charge on any atom is -0.492 e. The summed E-state index contributed by atoms with van der Waals surface area (Å²) in [5.41, 5.74) is 0.956. The van der Waals surface area contributed by atoms with Gasteiger partial charge >= 0.3 is 0 Å². The summed E-state index contributed by atoms with van der Waals surface area (Å²) in [5, 5.41) is 0.640. The lowest BCUT2D eigenvalue weighted by Gasteiger charge is -2.11. The summed E-state index contributed by atoms with van der Waals surface area (Å²) in [6.45, 7) is 2.85. The molecule has 0 heterocycles. The highest BCUT2D eigenvalue weighted by Gasteiger charge is 2.06. The molecule has 16 heavy (non-hydrogen) atoms. The number of para-hydroxylation sites is 1. The summed E-state index contributed by atoms with van der Waals surface area (Å²) in [6, 6.07) is 5.66. The van der Waals surface area contributed by atoms with Gasteiger partial charge in [0.2, 0.25) is 0 Å². The summed E-state index contributed by atoms with van der Waals surface area (Å²) in [6.07, 6.45) is 1.03. The Kier molecular flexibility index (Phi) is 7.10. The van der Waals surface area contributed by atoms with E-state index in [0.29, 0.717) is 17.5 Å². The predicted octanol–water partition coefficient (Wildman–Crippen LogP) is 4.60. The van der Waals surface area contributed by atoms with E-state index in [-0.39, 0.29) is 0 Å². The Hall–Kier alpha value is -0.0500. The first-order valence-corrected chi connectivity index (χ1v) is 7.40. The van der Waals surface area contributed by atoms with Crippen LogP contribution < -0.4 is 4.74 Å². The SMILES string of the molecule is CCSCCCOc1c(Cl)cccc1CCl. The van der Waals surface area contributed by atoms with Gasteiger partial charge in [0.05, 0.1) is 17.5 Å². The summed E-state index contributed by atoms with van der Waals surface area (Å²) >= 11 is 13.8. The van der Waals surface area contributed by atoms with Crippen LogP contribution in [-0.2, 0) is 5.88 Å². The topological polar surface area (TPSA) is 9.23 Å². The van der Waals surface area contributed by atoms with E-state index in [9.17, 15) is 0 Å². The summed E-state index contributed by atoms with van der Waals surface area (Å²) in [7, 11) is 0. The Balaban J connectivity index is 2.46. The van der Waals surface area contributed by atoms with Gasteiger partial charge in [-0.05, 0) is 24.0 Å². The molecule has 0 radical (unpaired) electrons. The van der Waals surface area contributed by atoms with Crippen molar-refractivity contribution < 1.29 is 4.74 Å². The van der Waals surface area contributed by atoms with E-state index in [4.69, 9.17) is 27.9 Å². The van der Waals surface area contributed by atoms with Crippen molar-refractivity contribution in [3.05, 3.63) is 28.8 Å². The molecule has 1 rings (SSSR count). The number of thioether (sulfide) groups is 1. The van der Waals surface area contributed by atoms with Crippen LogP contribution in [0.1, 0.15) is 18.9 Å². The number of rotatable bonds is 7. The molecule has 0 spiro atoms. The van der Waals surface area contributed by atoms with Crippen LogP contribution in [0.3, 0.4) is 0 Å². The lowest BCUT2D eigenvalue weighted by molar-refractivity contribution is 0.316. The molecule has 0 aliphatic carbocycles. The van der Waals surface area contributed by atoms with Crippen LogP contribution in [0.25, 0.3) is 0 Å². The number of hydrogen-bond acceptors (Lipinski definition) is 2. The smallest absolute Gasteiger partial charge is 0.142 e. The highest BCUT2D eigenvalue weighted by molar-refractivity contribution is 7.99. The fraction of sp³-hybridized carbons (Fsp3) is 0.500. The first-order chi connectivity index (χ1) is 7.79. The first kappa shape index (κ1) is 14.0. The van der Waals surface area contributed by atoms with Crippen molar-refractivity contribution in [2.75, 3.05) is 18.1 Å². The molecule has 0 saturated heterocycles. The monoisotopic (exact) mass is 278 g/mol. The highest BCUT2D eigenvalue weighted by atomic mass is 35.5. The average Bonchev–Trinajstić information content (AvgIpc) is 2.30. The van der Waals surface area contributed by atoms with Gasteiger partial charge in [-0.3, -0.25) is 0 Å². The van der Waals surface area contributed by atoms with Gasteiger partial charge in [0.1, 0.15) is 5.75 Å². The van der Waals surface area contributed by atoms with Crippen molar-refractivity contribution in [3.8, 4) is 5.75 Å². The van der Waals surface area contributed by atoms with Crippen LogP contribution in [0.15, 0.2) is 18.2 Å². The minimum absolute atomic E-state index is 0.430. The van der Waals surface area contributed by atoms with E-state index in [0.717, 1.165) is 29.2 Å². The molecule has 0 aliphatic rings. The molecule has 0 N–H and O–H groups in total. The van der Waals surface area contributed by atoms with E-state index < -0.39 is 0 Å². The maximum absolute atomic E-state index is 6.06. The third-order valence-electron chi connectivity index (χ3n) is 2.08. The van der Waals surface area contributed by atoms with Crippen molar-refractivity contribution in [1.29, 1.82) is 0 Å². The van der Waals surface area contributed by atoms with Crippen molar-refractivity contribution >= 4 is 35.0 Å². The maximum Gasteiger partial charge on any atom is 0.142 e. The van der Waals surface area contributed by atoms with Gasteiger partial charge in [-0.25, -0.2) is 0 Å². The molecule has 1 nitrogen and oxygen atoms in total. The molecule has 0 bridgehead atoms. The minimum atomic E-state index is 0.430. The summed E-state index contributed by atoms with van der Waals surface area (Å²) < 4.78 is 5.68. The van der Waals surface area contributed by atoms with E-state index in [2.05, 4.69) is 6.92 Å². The Morgan fingerprint density at radius 2 is 2.19 bits per heavy atom. The second-order valence-corrected chi connectivity index (χ2v) is 5.33. The predicted molar refractivity (Wildman–Crippen MR) is 74.1 cm³/mol. The molecular formula is C12H16Cl2OS. The molecule has 0 amide bonds. The normalized spacial score (nSPS) is 10.4. The average molecular weight is 279 g/mol. The second-order valence-electron chi connectivity index (χ2n) is 3.26. The van der Waals surface area contributed by atoms with Gasteiger partial charge in [-0.15, -0.1) is 11.6 Å². The lowest BCUT2D eigenvalue weighted by Crippen LogP contribution is -2.01. The standard InChI is InChI=1S/C12H16Cl2OS/c1-2-16-8-4-7-15-12-10(9-13)5-3-6-11(12)14/h3,5-6H,2,4,7-9H2,1H3. The maximum atomic E-state index is 6.06. The van der Waals surface area contributed by atoms with Crippen LogP contribution in [0.5, 0.6) is 5.75 Å². The Labute approximate surface area is 111 Å². The number of alkyl halides is 1. The van der Waals surface area contributed by atoms with Gasteiger partial charge in [0.25, 0.3) is 0 Å². The molecule has 1 aromatic carbocycles. The molecule has 4 heteroatoms. The fourth-order valence-electron chi connectivity index (χ4n) is 1.30. The van der Waals surface area contributed by atoms with Crippen LogP contribution >= 0.6 is 35.0 Å². The quantitative estimate of drug-likeness (QED) is 0.533. The molecule has 0 saturated carbocycles. The molecular weight excluding hydrogens is 263 g/mol. The van der Waals surface area contributed by atoms with E-state index in [1.54, 1.807) is 0 Å². The van der Waals surface area contributed by atoms with E-state index in [1.165, 1.54) is 0 Å². The number of halogens is 2. The van der Waals surface area contributed by atoms with Crippen LogP contribution in [0, 0.1) is 0 Å². The largest absolute Gasteiger partial charge is 0.492 e. The summed E-state index contributed by atoms with van der Waals surface area (Å²) in [4.78, 5) is 0. The summed E-state index contributed by atoms with van der Waals surface area (Å²) in [5.74, 6) is 3.44. The van der Waals surface area contributed by atoms with Crippen molar-refractivity contribution in [1.82, 2.24) is 0 Å². The van der Waals surface area contributed by atoms with Gasteiger partial charge < -0.3 is 4.74 Å². The molecule has 90 valence electrons. The zero-order valence-corrected chi connectivity index (χ0v) is 11.7. The van der Waals surface area contributed by atoms with Crippen molar-refractivity contribution in [2.24, 2.45) is 0 Å². The third-order valence-corrected chi connectivity index (χ3v) is 3.65.